The van der Waals surface area contributed by atoms with Crippen LogP contribution < -0.4 is 0 Å². The molecule has 6 heteroatoms. The first-order valence-electron chi connectivity index (χ1n) is 6.83. The van der Waals surface area contributed by atoms with Crippen molar-refractivity contribution in [1.82, 2.24) is 9.55 Å². The number of imidazole rings is 1. The average molecular weight is 311 g/mol. The quantitative estimate of drug-likeness (QED) is 0.697. The van der Waals surface area contributed by atoms with Gasteiger partial charge in [-0.2, -0.15) is 5.26 Å². The van der Waals surface area contributed by atoms with E-state index in [0.717, 1.165) is 23.7 Å². The van der Waals surface area contributed by atoms with E-state index >= 15 is 0 Å². The number of aryl methyl sites for hydroxylation is 1. The lowest BCUT2D eigenvalue weighted by atomic mass is 9.97. The van der Waals surface area contributed by atoms with E-state index in [1.54, 1.807) is 41.9 Å². The molecule has 1 aromatic heterocycles. The second-order valence-electron chi connectivity index (χ2n) is 5.04. The maximum atomic E-state index is 13.8. The zero-order valence-electron chi connectivity index (χ0n) is 12.1. The summed E-state index contributed by atoms with van der Waals surface area (Å²) in [4.78, 5) is 16.8. The molecular weight excluding hydrogens is 300 g/mol. The van der Waals surface area contributed by atoms with E-state index in [4.69, 9.17) is 0 Å². The van der Waals surface area contributed by atoms with Crippen LogP contribution in [-0.2, 0) is 7.05 Å². The van der Waals surface area contributed by atoms with Gasteiger partial charge < -0.3 is 4.57 Å². The van der Waals surface area contributed by atoms with Gasteiger partial charge in [-0.25, -0.2) is 13.8 Å². The minimum absolute atomic E-state index is 0.154. The fraction of sp³-hybridized carbons (Fsp3) is 0.118. The van der Waals surface area contributed by atoms with Crippen molar-refractivity contribution in [2.45, 2.75) is 5.92 Å². The number of ketones is 1. The number of halogens is 2. The summed E-state index contributed by atoms with van der Waals surface area (Å²) in [5, 5.41) is 9.37. The molecular formula is C17H11F2N3O. The summed E-state index contributed by atoms with van der Waals surface area (Å²) >= 11 is 0. The van der Waals surface area contributed by atoms with Gasteiger partial charge in [-0.15, -0.1) is 0 Å². The van der Waals surface area contributed by atoms with Crippen LogP contribution in [0.4, 0.5) is 8.78 Å². The topological polar surface area (TPSA) is 58.7 Å². The van der Waals surface area contributed by atoms with Gasteiger partial charge in [0.05, 0.1) is 22.7 Å². The molecule has 23 heavy (non-hydrogen) atoms. The highest BCUT2D eigenvalue weighted by Crippen LogP contribution is 2.26. The number of aromatic nitrogens is 2. The van der Waals surface area contributed by atoms with Crippen molar-refractivity contribution >= 4 is 16.8 Å². The van der Waals surface area contributed by atoms with Crippen LogP contribution in [-0.4, -0.2) is 15.3 Å². The molecule has 114 valence electrons. The Hall–Kier alpha value is -3.07. The number of hydrogen-bond donors (Lipinski definition) is 0. The van der Waals surface area contributed by atoms with Crippen molar-refractivity contribution in [1.29, 1.82) is 5.26 Å². The molecule has 0 radical (unpaired) electrons. The number of rotatable bonds is 3. The van der Waals surface area contributed by atoms with Gasteiger partial charge in [-0.3, -0.25) is 4.79 Å². The number of carbonyl (C=O) groups is 1. The van der Waals surface area contributed by atoms with Gasteiger partial charge in [0.25, 0.3) is 0 Å². The Bertz CT molecular complexity index is 936. The van der Waals surface area contributed by atoms with Crippen LogP contribution >= 0.6 is 0 Å². The van der Waals surface area contributed by atoms with Gasteiger partial charge in [0, 0.05) is 7.05 Å². The zero-order chi connectivity index (χ0) is 16.6. The van der Waals surface area contributed by atoms with E-state index in [0.29, 0.717) is 5.52 Å². The lowest BCUT2D eigenvalue weighted by Gasteiger charge is -2.10. The van der Waals surface area contributed by atoms with Crippen LogP contribution in [0.25, 0.3) is 11.0 Å². The third-order valence-corrected chi connectivity index (χ3v) is 3.68. The highest BCUT2D eigenvalue weighted by atomic mass is 19.1. The molecule has 3 aromatic rings. The Balaban J connectivity index is 2.14. The molecule has 1 atom stereocenters. The van der Waals surface area contributed by atoms with E-state index in [9.17, 15) is 18.8 Å². The maximum absolute atomic E-state index is 13.8. The second kappa shape index (κ2) is 5.61. The molecule has 0 aliphatic heterocycles. The molecule has 0 spiro atoms. The molecule has 0 aliphatic rings. The molecule has 4 nitrogen and oxygen atoms in total. The predicted octanol–water partition coefficient (Wildman–Crippen LogP) is 3.34. The van der Waals surface area contributed by atoms with Gasteiger partial charge in [-0.05, 0) is 24.3 Å². The number of benzene rings is 2. The Labute approximate surface area is 130 Å². The minimum atomic E-state index is -1.39. The van der Waals surface area contributed by atoms with Crippen molar-refractivity contribution in [3.63, 3.8) is 0 Å². The van der Waals surface area contributed by atoms with Crippen LogP contribution in [0.1, 0.15) is 22.1 Å². The smallest absolute Gasteiger partial charge is 0.193 e. The number of carbonyl (C=O) groups excluding carboxylic acids is 1. The van der Waals surface area contributed by atoms with Gasteiger partial charge in [0.1, 0.15) is 17.5 Å². The van der Waals surface area contributed by atoms with Crippen LogP contribution in [0.15, 0.2) is 42.5 Å². The van der Waals surface area contributed by atoms with E-state index in [1.807, 2.05) is 0 Å². The summed E-state index contributed by atoms with van der Waals surface area (Å²) in [5.41, 5.74) is 0.614. The molecule has 0 saturated carbocycles. The lowest BCUT2D eigenvalue weighted by Crippen LogP contribution is -2.18. The van der Waals surface area contributed by atoms with Crippen LogP contribution in [0.3, 0.4) is 0 Å². The molecule has 1 heterocycles. The zero-order valence-corrected chi connectivity index (χ0v) is 12.1. The van der Waals surface area contributed by atoms with Gasteiger partial charge >= 0.3 is 0 Å². The van der Waals surface area contributed by atoms with E-state index in [1.165, 1.54) is 0 Å². The van der Waals surface area contributed by atoms with Gasteiger partial charge in [0.2, 0.25) is 0 Å². The highest BCUT2D eigenvalue weighted by molar-refractivity contribution is 6.03. The highest BCUT2D eigenvalue weighted by Gasteiger charge is 2.30. The van der Waals surface area contributed by atoms with Crippen molar-refractivity contribution in [2.75, 3.05) is 0 Å². The molecule has 1 unspecified atom stereocenters. The summed E-state index contributed by atoms with van der Waals surface area (Å²) in [7, 11) is 1.65. The summed E-state index contributed by atoms with van der Waals surface area (Å²) in [6, 6.07) is 12.0. The molecule has 2 aromatic carbocycles. The number of hydrogen-bond acceptors (Lipinski definition) is 3. The van der Waals surface area contributed by atoms with Gasteiger partial charge in [0.15, 0.2) is 11.7 Å². The number of nitriles is 1. The summed E-state index contributed by atoms with van der Waals surface area (Å²) in [5.74, 6) is -4.16. The van der Waals surface area contributed by atoms with Crippen molar-refractivity contribution in [2.24, 2.45) is 7.05 Å². The minimum Gasteiger partial charge on any atom is -0.330 e. The normalized spacial score (nSPS) is 12.1. The fourth-order valence-electron chi connectivity index (χ4n) is 2.53. The molecule has 0 amide bonds. The standard InChI is InChI=1S/C17H11F2N3O/c1-22-14-8-3-2-7-13(14)21-17(22)10(9-20)16(23)15-11(18)5-4-6-12(15)19/h2-8,10H,1H3. The number of Topliss-reactive ketones (excluding diaryl/α,β-unsaturated/α-hetero) is 1. The Morgan fingerprint density at radius 2 is 1.83 bits per heavy atom. The second-order valence-corrected chi connectivity index (χ2v) is 5.04. The van der Waals surface area contributed by atoms with E-state index in [-0.39, 0.29) is 5.82 Å². The first-order valence-corrected chi connectivity index (χ1v) is 6.83. The van der Waals surface area contributed by atoms with Crippen molar-refractivity contribution < 1.29 is 13.6 Å². The van der Waals surface area contributed by atoms with E-state index < -0.39 is 28.9 Å². The Morgan fingerprint density at radius 3 is 2.43 bits per heavy atom. The number of nitrogens with zero attached hydrogens (tertiary/aromatic N) is 3. The maximum Gasteiger partial charge on any atom is 0.193 e. The summed E-state index contributed by atoms with van der Waals surface area (Å²) < 4.78 is 29.2. The van der Waals surface area contributed by atoms with Crippen molar-refractivity contribution in [3.8, 4) is 6.07 Å². The monoisotopic (exact) mass is 311 g/mol. The van der Waals surface area contributed by atoms with E-state index in [2.05, 4.69) is 4.98 Å². The van der Waals surface area contributed by atoms with Crippen LogP contribution in [0.5, 0.6) is 0 Å². The first kappa shape index (κ1) is 14.9. The molecule has 3 rings (SSSR count). The first-order chi connectivity index (χ1) is 11.0. The van der Waals surface area contributed by atoms with Crippen LogP contribution in [0.2, 0.25) is 0 Å². The number of para-hydroxylation sites is 2. The number of fused-ring (bicyclic) bond motifs is 1. The Kier molecular flexibility index (Phi) is 3.62. The van der Waals surface area contributed by atoms with Gasteiger partial charge in [-0.1, -0.05) is 18.2 Å². The Morgan fingerprint density at radius 1 is 1.17 bits per heavy atom. The third kappa shape index (κ3) is 2.36. The molecule has 0 N–H and O–H groups in total. The van der Waals surface area contributed by atoms with Crippen molar-refractivity contribution in [3.05, 3.63) is 65.5 Å². The lowest BCUT2D eigenvalue weighted by molar-refractivity contribution is 0.0967. The molecule has 0 bridgehead atoms. The molecule has 0 fully saturated rings. The molecule has 0 aliphatic carbocycles. The fourth-order valence-corrected chi connectivity index (χ4v) is 2.53. The van der Waals surface area contributed by atoms with Crippen LogP contribution in [0, 0.1) is 23.0 Å². The SMILES string of the molecule is Cn1c(C(C#N)C(=O)c2c(F)cccc2F)nc2ccccc21. The average Bonchev–Trinajstić information content (AvgIpc) is 2.85. The third-order valence-electron chi connectivity index (χ3n) is 3.68. The predicted molar refractivity (Wildman–Crippen MR) is 79.8 cm³/mol. The summed E-state index contributed by atoms with van der Waals surface area (Å²) in [6.07, 6.45) is 0. The summed E-state index contributed by atoms with van der Waals surface area (Å²) in [6.45, 7) is 0. The molecule has 0 saturated heterocycles. The largest absolute Gasteiger partial charge is 0.330 e.